The van der Waals surface area contributed by atoms with E-state index in [9.17, 15) is 0 Å². The van der Waals surface area contributed by atoms with Crippen LogP contribution < -0.4 is 34.0 Å². The molecule has 15 rings (SSSR count). The van der Waals surface area contributed by atoms with Crippen LogP contribution in [0, 0.1) is 0 Å². The Hall–Kier alpha value is -5.94. The number of alkyl halides is 6. The van der Waals surface area contributed by atoms with Gasteiger partial charge in [-0.2, -0.15) is 0 Å². The van der Waals surface area contributed by atoms with Gasteiger partial charge in [-0.15, -0.1) is 0 Å². The van der Waals surface area contributed by atoms with Gasteiger partial charge in [-0.05, 0) is 100 Å². The van der Waals surface area contributed by atoms with Crippen LogP contribution in [0.25, 0.3) is 43.1 Å². The van der Waals surface area contributed by atoms with Gasteiger partial charge in [-0.25, -0.2) is 28.9 Å². The van der Waals surface area contributed by atoms with Crippen molar-refractivity contribution in [2.75, 3.05) is 0 Å². The van der Waals surface area contributed by atoms with Gasteiger partial charge in [-0.1, -0.05) is 367 Å². The Morgan fingerprint density at radius 1 is 0.361 bits per heavy atom. The van der Waals surface area contributed by atoms with E-state index in [1.807, 2.05) is 71.3 Å². The summed E-state index contributed by atoms with van der Waals surface area (Å²) in [6, 6.07) is 90.3. The van der Waals surface area contributed by atoms with Gasteiger partial charge in [0.2, 0.25) is 34.7 Å². The predicted molar refractivity (Wildman–Crippen MR) is 410 cm³/mol. The molecule has 0 fully saturated rings. The van der Waals surface area contributed by atoms with E-state index in [0.717, 1.165) is 36.8 Å². The maximum Gasteiger partial charge on any atom is 0.237 e. The lowest BCUT2D eigenvalue weighted by atomic mass is 10.1. The Kier molecular flexibility index (Phi) is 31.0. The average molecular weight is 1710 g/mol. The predicted octanol–water partition coefficient (Wildman–Crippen LogP) is 16.5. The minimum Gasteiger partial charge on any atom is -1.00 e. The molecule has 20 heteroatoms. The molecule has 0 saturated heterocycles. The van der Waals surface area contributed by atoms with Crippen molar-refractivity contribution in [3.8, 4) is 0 Å². The third-order valence-corrected chi connectivity index (χ3v) is 20.5. The van der Waals surface area contributed by atoms with E-state index in [-0.39, 0.29) is 56.0 Å². The first-order valence-electron chi connectivity index (χ1n) is 30.4. The van der Waals surface area contributed by atoms with Gasteiger partial charge in [0, 0.05) is 17.2 Å². The Morgan fingerprint density at radius 2 is 0.701 bits per heavy atom. The van der Waals surface area contributed by atoms with Crippen molar-refractivity contribution in [2.24, 2.45) is 0 Å². The molecule has 0 spiro atoms. The number of H-pyrrole nitrogens is 1. The lowest BCUT2D eigenvalue weighted by molar-refractivity contribution is -0.548. The van der Waals surface area contributed by atoms with E-state index < -0.39 is 0 Å². The lowest BCUT2D eigenvalue weighted by Crippen LogP contribution is -3.00. The SMILES string of the molecule is BrCc1ccc2ccccc2c1.BrCc1ccccc1.ClC1C(Cl)[N+](Cc2ccc3ccccc3c2)=CN1Cc1ccccc1.ClC1C(Cl)[N+](Cc2ccc3ccccc3c2)=CN1Cc1ccccc1.Clc1nc[nH]c1Cl.Clc1ncn(Cc2ccc3ccccc3c2)c1Cl.[Br-].[Br-]. The van der Waals surface area contributed by atoms with E-state index in [1.54, 1.807) is 6.33 Å². The number of imidazole rings is 2. The number of hydrogen-bond donors (Lipinski definition) is 1. The fourth-order valence-electron chi connectivity index (χ4n) is 10.6. The normalized spacial score (nSPS) is 15.1. The van der Waals surface area contributed by atoms with Crippen LogP contribution >= 0.6 is 125 Å². The summed E-state index contributed by atoms with van der Waals surface area (Å²) in [4.78, 5) is 14.3. The van der Waals surface area contributed by atoms with E-state index in [0.29, 0.717) is 27.2 Å². The maximum absolute atomic E-state index is 6.58. The number of aromatic amines is 1. The number of hydrogen-bond acceptors (Lipinski definition) is 4. The third-order valence-electron chi connectivity index (χ3n) is 15.5. The molecule has 0 radical (unpaired) electrons. The summed E-state index contributed by atoms with van der Waals surface area (Å²) in [5, 5.41) is 13.5. The first-order chi connectivity index (χ1) is 46.3. The molecule has 0 bridgehead atoms. The molecule has 11 aromatic carbocycles. The molecule has 4 unspecified atom stereocenters. The molecule has 97 heavy (non-hydrogen) atoms. The van der Waals surface area contributed by atoms with Gasteiger partial charge in [-0.3, -0.25) is 0 Å². The first-order valence-corrected chi connectivity index (χ1v) is 35.9. The molecule has 1 N–H and O–H groups in total. The summed E-state index contributed by atoms with van der Waals surface area (Å²) < 4.78 is 6.03. The Balaban J connectivity index is 0.000000156. The number of nitrogens with zero attached hydrogens (tertiary/aromatic N) is 7. The number of rotatable bonds is 12. The number of fused-ring (bicyclic) bond motifs is 4. The van der Waals surface area contributed by atoms with Crippen molar-refractivity contribution in [1.29, 1.82) is 0 Å². The van der Waals surface area contributed by atoms with E-state index in [4.69, 9.17) is 92.8 Å². The molecule has 0 saturated carbocycles. The van der Waals surface area contributed by atoms with Crippen molar-refractivity contribution in [3.63, 3.8) is 0 Å². The van der Waals surface area contributed by atoms with Crippen molar-refractivity contribution in [3.05, 3.63) is 333 Å². The van der Waals surface area contributed by atoms with Gasteiger partial charge >= 0.3 is 0 Å². The summed E-state index contributed by atoms with van der Waals surface area (Å²) in [6.45, 7) is 3.67. The van der Waals surface area contributed by atoms with Crippen molar-refractivity contribution < 1.29 is 43.1 Å². The molecular weight excluding hydrogens is 1640 g/mol. The Labute approximate surface area is 644 Å². The van der Waals surface area contributed by atoms with Gasteiger partial charge < -0.3 is 43.5 Å². The lowest BCUT2D eigenvalue weighted by Gasteiger charge is -2.13. The molecule has 2 aromatic heterocycles. The zero-order valence-electron chi connectivity index (χ0n) is 52.1. The molecule has 4 atom stereocenters. The topological polar surface area (TPSA) is 59.0 Å². The van der Waals surface area contributed by atoms with Crippen molar-refractivity contribution in [1.82, 2.24) is 29.3 Å². The van der Waals surface area contributed by atoms with Gasteiger partial charge in [0.05, 0.1) is 12.7 Å². The minimum absolute atomic E-state index is 0. The number of nitrogens with one attached hydrogen (secondary N) is 1. The third kappa shape index (κ3) is 22.3. The number of benzene rings is 11. The Morgan fingerprint density at radius 3 is 1.03 bits per heavy atom. The molecule has 4 heterocycles. The second kappa shape index (κ2) is 39.2. The largest absolute Gasteiger partial charge is 1.00 e. The van der Waals surface area contributed by atoms with Crippen molar-refractivity contribution >= 4 is 180 Å². The summed E-state index contributed by atoms with van der Waals surface area (Å²) in [6.07, 6.45) is 7.19. The van der Waals surface area contributed by atoms with Crippen LogP contribution in [0.15, 0.2) is 274 Å². The molecule has 498 valence electrons. The number of aromatic nitrogens is 4. The van der Waals surface area contributed by atoms with Crippen LogP contribution in [0.2, 0.25) is 20.6 Å². The quantitative estimate of drug-likeness (QED) is 0.0752. The maximum atomic E-state index is 6.58. The van der Waals surface area contributed by atoms with Gasteiger partial charge in [0.1, 0.15) is 36.5 Å². The second-order valence-corrected chi connectivity index (χ2v) is 26.7. The zero-order chi connectivity index (χ0) is 66.5. The molecular formula is C77H66Br4Cl8N8. The molecule has 2 aliphatic heterocycles. The highest BCUT2D eigenvalue weighted by Gasteiger charge is 2.40. The first kappa shape index (κ1) is 76.8. The van der Waals surface area contributed by atoms with Crippen LogP contribution in [-0.4, -0.2) is 73.2 Å². The summed E-state index contributed by atoms with van der Waals surface area (Å²) in [5.74, 6) is 0. The van der Waals surface area contributed by atoms with Crippen molar-refractivity contribution in [2.45, 2.75) is 65.4 Å². The highest BCUT2D eigenvalue weighted by Crippen LogP contribution is 2.29. The molecule has 13 aromatic rings. The highest BCUT2D eigenvalue weighted by atomic mass is 79.9. The smallest absolute Gasteiger partial charge is 0.237 e. The molecule has 2 aliphatic rings. The zero-order valence-corrected chi connectivity index (χ0v) is 64.5. The fourth-order valence-corrected chi connectivity index (χ4v) is 12.9. The standard InChI is InChI=1S/2C21H19Cl2N2.C14H10Cl2N2.C11H9Br.C7H7Br.C3H2Cl2N2.2BrH/c2*22-20-21(23)25(15-24(20)13-16-6-2-1-3-7-16)14-17-10-11-18-8-4-5-9-19(18)12-17;15-13-14(16)18(9-17-13)8-10-5-6-11-3-1-2-4-12(11)7-10;12-8-9-5-6-10-3-1-2-4-11(10)7-9;8-6-7-4-2-1-3-5-7;4-2-3(5)7-1-6-2;;/h2*1-12,15,20-21H,13-14H2;1-7,9H,8H2;1-7H,8H2;1-5H,6H2;1H,(H,6,7);2*1H/q2*+1;;;;;;/p-2. The van der Waals surface area contributed by atoms with Crippen LogP contribution in [0.3, 0.4) is 0 Å². The summed E-state index contributed by atoms with van der Waals surface area (Å²) in [7, 11) is 0. The van der Waals surface area contributed by atoms with Gasteiger partial charge in [0.25, 0.3) is 0 Å². The fraction of sp³-hybridized carbons (Fsp3) is 0.143. The monoisotopic (exact) mass is 1700 g/mol. The number of halogens is 12. The Bertz CT molecular complexity index is 4480. The van der Waals surface area contributed by atoms with Gasteiger partial charge in [0.15, 0.2) is 10.3 Å². The van der Waals surface area contributed by atoms with Crippen LogP contribution in [0.5, 0.6) is 0 Å². The van der Waals surface area contributed by atoms with Crippen LogP contribution in [0.4, 0.5) is 0 Å². The molecule has 0 amide bonds. The highest BCUT2D eigenvalue weighted by molar-refractivity contribution is 9.08. The minimum atomic E-state index is -0.253. The molecule has 0 aliphatic carbocycles. The molecule has 8 nitrogen and oxygen atoms in total. The van der Waals surface area contributed by atoms with E-state index >= 15 is 0 Å². The second-order valence-electron chi connectivity index (χ2n) is 22.3. The summed E-state index contributed by atoms with van der Waals surface area (Å²) in [5.41, 5.74) is 7.72. The van der Waals surface area contributed by atoms with E-state index in [2.05, 4.69) is 273 Å². The summed E-state index contributed by atoms with van der Waals surface area (Å²) >= 11 is 55.7. The van der Waals surface area contributed by atoms with Crippen LogP contribution in [-0.2, 0) is 43.4 Å². The van der Waals surface area contributed by atoms with Crippen LogP contribution in [0.1, 0.15) is 38.9 Å². The average Bonchev–Trinajstić information content (AvgIpc) is 1.70. The van der Waals surface area contributed by atoms with E-state index in [1.165, 1.54) is 88.4 Å².